The molecule has 0 saturated heterocycles. The summed E-state index contributed by atoms with van der Waals surface area (Å²) in [5.41, 5.74) is 8.86. The van der Waals surface area contributed by atoms with Crippen LogP contribution < -0.4 is 10.6 Å². The second-order valence-electron chi connectivity index (χ2n) is 5.63. The van der Waals surface area contributed by atoms with Gasteiger partial charge >= 0.3 is 0 Å². The van der Waals surface area contributed by atoms with Gasteiger partial charge in [-0.1, -0.05) is 24.3 Å². The fourth-order valence-corrected chi connectivity index (χ4v) is 2.84. The Morgan fingerprint density at radius 3 is 2.57 bits per heavy atom. The molecule has 2 aromatic carbocycles. The van der Waals surface area contributed by atoms with Gasteiger partial charge in [0.1, 0.15) is 5.82 Å². The second-order valence-corrected chi connectivity index (χ2v) is 5.63. The van der Waals surface area contributed by atoms with Crippen molar-refractivity contribution in [1.29, 1.82) is 0 Å². The maximum atomic E-state index is 13.2. The van der Waals surface area contributed by atoms with Crippen molar-refractivity contribution in [2.24, 2.45) is 10.7 Å². The first kappa shape index (κ1) is 13.6. The molecule has 0 aromatic heterocycles. The third-order valence-electron chi connectivity index (χ3n) is 4.00. The fourth-order valence-electron chi connectivity index (χ4n) is 2.84. The van der Waals surface area contributed by atoms with Gasteiger partial charge < -0.3 is 10.6 Å². The van der Waals surface area contributed by atoms with E-state index in [9.17, 15) is 4.39 Å². The number of anilines is 1. The van der Waals surface area contributed by atoms with Crippen molar-refractivity contribution < 1.29 is 4.39 Å². The zero-order valence-electron chi connectivity index (χ0n) is 12.2. The summed E-state index contributed by atoms with van der Waals surface area (Å²) in [6.45, 7) is 4.67. The van der Waals surface area contributed by atoms with E-state index in [4.69, 9.17) is 5.73 Å². The Morgan fingerprint density at radius 1 is 1.19 bits per heavy atom. The van der Waals surface area contributed by atoms with Crippen LogP contribution in [0, 0.1) is 12.7 Å². The number of nitrogens with two attached hydrogens (primary N) is 1. The van der Waals surface area contributed by atoms with Gasteiger partial charge in [-0.05, 0) is 49.2 Å². The van der Waals surface area contributed by atoms with Gasteiger partial charge in [0.25, 0.3) is 0 Å². The van der Waals surface area contributed by atoms with Crippen LogP contribution in [-0.2, 0) is 5.54 Å². The third kappa shape index (κ3) is 2.27. The molecule has 108 valence electrons. The number of hydrogen-bond donors (Lipinski definition) is 1. The number of benzene rings is 2. The quantitative estimate of drug-likeness (QED) is 0.919. The van der Waals surface area contributed by atoms with Crippen LogP contribution in [0.3, 0.4) is 0 Å². The molecule has 1 atom stereocenters. The Bertz CT molecular complexity index is 693. The molecule has 3 rings (SSSR count). The highest BCUT2D eigenvalue weighted by atomic mass is 19.1. The van der Waals surface area contributed by atoms with Crippen molar-refractivity contribution in [1.82, 2.24) is 0 Å². The summed E-state index contributed by atoms with van der Waals surface area (Å²) in [6.07, 6.45) is 0. The van der Waals surface area contributed by atoms with E-state index in [2.05, 4.69) is 18.0 Å². The number of rotatable bonds is 2. The fraction of sp³-hybridized carbons (Fsp3) is 0.235. The lowest BCUT2D eigenvalue weighted by Crippen LogP contribution is -2.47. The molecule has 0 spiro atoms. The number of nitrogens with zero attached hydrogens (tertiary/aromatic N) is 2. The summed E-state index contributed by atoms with van der Waals surface area (Å²) in [6, 6.07) is 14.7. The molecule has 0 radical (unpaired) electrons. The van der Waals surface area contributed by atoms with Crippen LogP contribution in [0.5, 0.6) is 0 Å². The van der Waals surface area contributed by atoms with Crippen molar-refractivity contribution in [3.8, 4) is 0 Å². The van der Waals surface area contributed by atoms with E-state index >= 15 is 0 Å². The van der Waals surface area contributed by atoms with Gasteiger partial charge in [-0.2, -0.15) is 0 Å². The van der Waals surface area contributed by atoms with Crippen molar-refractivity contribution >= 4 is 11.6 Å². The Balaban J connectivity index is 2.07. The van der Waals surface area contributed by atoms with E-state index in [1.165, 1.54) is 12.1 Å². The van der Waals surface area contributed by atoms with Gasteiger partial charge in [0.2, 0.25) is 0 Å². The van der Waals surface area contributed by atoms with Crippen molar-refractivity contribution in [3.63, 3.8) is 0 Å². The Hall–Kier alpha value is -2.36. The molecule has 2 aromatic rings. The normalized spacial score (nSPS) is 21.5. The number of halogens is 1. The highest BCUT2D eigenvalue weighted by Gasteiger charge is 2.40. The molecule has 21 heavy (non-hydrogen) atoms. The topological polar surface area (TPSA) is 41.6 Å². The lowest BCUT2D eigenvalue weighted by Gasteiger charge is -2.36. The van der Waals surface area contributed by atoms with Gasteiger partial charge in [-0.25, -0.2) is 4.39 Å². The lowest BCUT2D eigenvalue weighted by atomic mass is 9.90. The molecule has 0 aliphatic carbocycles. The number of guanidine groups is 1. The highest BCUT2D eigenvalue weighted by molar-refractivity contribution is 5.98. The maximum absolute atomic E-state index is 13.2. The molecular weight excluding hydrogens is 265 g/mol. The largest absolute Gasteiger partial charge is 0.369 e. The molecule has 3 nitrogen and oxygen atoms in total. The van der Waals surface area contributed by atoms with E-state index in [0.717, 1.165) is 16.8 Å². The highest BCUT2D eigenvalue weighted by Crippen LogP contribution is 2.36. The predicted molar refractivity (Wildman–Crippen MR) is 83.9 cm³/mol. The number of aryl methyl sites for hydroxylation is 1. The average molecular weight is 283 g/mol. The third-order valence-corrected chi connectivity index (χ3v) is 4.00. The molecule has 1 unspecified atom stereocenters. The van der Waals surface area contributed by atoms with Crippen LogP contribution in [0.4, 0.5) is 10.1 Å². The molecule has 1 aliphatic heterocycles. The predicted octanol–water partition coefficient (Wildman–Crippen LogP) is 3.18. The zero-order chi connectivity index (χ0) is 15.0. The molecule has 0 amide bonds. The zero-order valence-corrected chi connectivity index (χ0v) is 12.2. The minimum atomic E-state index is -0.397. The van der Waals surface area contributed by atoms with Gasteiger partial charge in [0, 0.05) is 5.69 Å². The van der Waals surface area contributed by atoms with E-state index in [-0.39, 0.29) is 5.82 Å². The van der Waals surface area contributed by atoms with Crippen LogP contribution in [0.25, 0.3) is 0 Å². The minimum Gasteiger partial charge on any atom is -0.369 e. The Kier molecular flexibility index (Phi) is 3.16. The Labute approximate surface area is 123 Å². The summed E-state index contributed by atoms with van der Waals surface area (Å²) >= 11 is 0. The standard InChI is InChI=1S/C17H18FN3/c1-12-4-3-5-15(10-12)21-16(19)20-11-17(21,2)13-6-8-14(18)9-7-13/h3-10H,11H2,1-2H3,(H2,19,20). The molecule has 1 aliphatic rings. The lowest BCUT2D eigenvalue weighted by molar-refractivity contribution is 0.530. The summed E-state index contributed by atoms with van der Waals surface area (Å²) in [5.74, 6) is 0.253. The van der Waals surface area contributed by atoms with Gasteiger partial charge in [0.15, 0.2) is 5.96 Å². The van der Waals surface area contributed by atoms with Crippen LogP contribution in [0.2, 0.25) is 0 Å². The van der Waals surface area contributed by atoms with Crippen LogP contribution in [0.15, 0.2) is 53.5 Å². The molecule has 0 fully saturated rings. The first-order valence-electron chi connectivity index (χ1n) is 6.93. The second kappa shape index (κ2) is 4.88. The number of hydrogen-bond acceptors (Lipinski definition) is 3. The van der Waals surface area contributed by atoms with Gasteiger partial charge in [-0.3, -0.25) is 4.99 Å². The average Bonchev–Trinajstić information content (AvgIpc) is 2.76. The van der Waals surface area contributed by atoms with Crippen LogP contribution in [-0.4, -0.2) is 12.5 Å². The summed E-state index contributed by atoms with van der Waals surface area (Å²) < 4.78 is 13.2. The van der Waals surface area contributed by atoms with Crippen LogP contribution >= 0.6 is 0 Å². The first-order valence-corrected chi connectivity index (χ1v) is 6.93. The van der Waals surface area contributed by atoms with E-state index < -0.39 is 5.54 Å². The molecule has 0 bridgehead atoms. The number of aliphatic imine (C=N–C) groups is 1. The van der Waals surface area contributed by atoms with E-state index in [1.807, 2.05) is 30.0 Å². The SMILES string of the molecule is Cc1cccc(N2C(N)=NCC2(C)c2ccc(F)cc2)c1. The van der Waals surface area contributed by atoms with E-state index in [1.54, 1.807) is 12.1 Å². The minimum absolute atomic E-state index is 0.239. The monoisotopic (exact) mass is 283 g/mol. The summed E-state index contributed by atoms with van der Waals surface area (Å²) in [5, 5.41) is 0. The summed E-state index contributed by atoms with van der Waals surface area (Å²) in [7, 11) is 0. The molecule has 0 saturated carbocycles. The summed E-state index contributed by atoms with van der Waals surface area (Å²) in [4.78, 5) is 6.42. The van der Waals surface area contributed by atoms with E-state index in [0.29, 0.717) is 12.5 Å². The first-order chi connectivity index (χ1) is 10.0. The van der Waals surface area contributed by atoms with Crippen molar-refractivity contribution in [2.75, 3.05) is 11.4 Å². The molecule has 2 N–H and O–H groups in total. The van der Waals surface area contributed by atoms with Crippen molar-refractivity contribution in [2.45, 2.75) is 19.4 Å². The van der Waals surface area contributed by atoms with Gasteiger partial charge in [0.05, 0.1) is 12.1 Å². The Morgan fingerprint density at radius 2 is 1.90 bits per heavy atom. The molecule has 4 heteroatoms. The smallest absolute Gasteiger partial charge is 0.196 e. The molecular formula is C17H18FN3. The van der Waals surface area contributed by atoms with Crippen LogP contribution in [0.1, 0.15) is 18.1 Å². The van der Waals surface area contributed by atoms with Crippen molar-refractivity contribution in [3.05, 3.63) is 65.5 Å². The maximum Gasteiger partial charge on any atom is 0.196 e. The molecule has 1 heterocycles. The van der Waals surface area contributed by atoms with Gasteiger partial charge in [-0.15, -0.1) is 0 Å².